The van der Waals surface area contributed by atoms with E-state index < -0.39 is 5.91 Å². The minimum Gasteiger partial charge on any atom is -0.365 e. The average molecular weight is 342 g/mol. The number of nitrogens with two attached hydrogens (primary N) is 1. The molecule has 0 spiro atoms. The molecule has 25 heavy (non-hydrogen) atoms. The molecule has 7 heteroatoms. The Balaban J connectivity index is 1.62. The molecule has 3 rings (SSSR count). The average Bonchev–Trinajstić information content (AvgIpc) is 2.92. The quantitative estimate of drug-likeness (QED) is 0.883. The summed E-state index contributed by atoms with van der Waals surface area (Å²) in [5.74, 6) is 0.268. The molecule has 1 aliphatic rings. The Morgan fingerprint density at radius 1 is 1.28 bits per heavy atom. The van der Waals surface area contributed by atoms with Crippen molar-refractivity contribution >= 4 is 11.7 Å². The maximum absolute atomic E-state index is 11.6. The summed E-state index contributed by atoms with van der Waals surface area (Å²) in [7, 11) is 0. The molecule has 0 aliphatic carbocycles. The van der Waals surface area contributed by atoms with Gasteiger partial charge in [-0.15, -0.1) is 0 Å². The lowest BCUT2D eigenvalue weighted by Crippen LogP contribution is -2.51. The van der Waals surface area contributed by atoms with Crippen LogP contribution in [-0.4, -0.2) is 57.8 Å². The van der Waals surface area contributed by atoms with Crippen LogP contribution in [0.1, 0.15) is 28.7 Å². The second-order valence-electron chi connectivity index (χ2n) is 6.72. The Morgan fingerprint density at radius 2 is 2.00 bits per heavy atom. The smallest absolute Gasteiger partial charge is 0.252 e. The van der Waals surface area contributed by atoms with Crippen molar-refractivity contribution in [3.8, 4) is 0 Å². The molecule has 1 saturated heterocycles. The maximum atomic E-state index is 11.6. The molecule has 1 amide bonds. The Hall–Kier alpha value is -2.41. The Morgan fingerprint density at radius 3 is 2.60 bits per heavy atom. The maximum Gasteiger partial charge on any atom is 0.252 e. The number of pyridine rings is 1. The second kappa shape index (κ2) is 7.23. The summed E-state index contributed by atoms with van der Waals surface area (Å²) in [5, 5.41) is 4.56. The van der Waals surface area contributed by atoms with Crippen molar-refractivity contribution in [1.29, 1.82) is 0 Å². The van der Waals surface area contributed by atoms with E-state index in [9.17, 15) is 4.79 Å². The molecule has 3 heterocycles. The van der Waals surface area contributed by atoms with Gasteiger partial charge in [-0.1, -0.05) is 0 Å². The monoisotopic (exact) mass is 342 g/mol. The largest absolute Gasteiger partial charge is 0.365 e. The van der Waals surface area contributed by atoms with E-state index in [-0.39, 0.29) is 0 Å². The summed E-state index contributed by atoms with van der Waals surface area (Å²) >= 11 is 0. The van der Waals surface area contributed by atoms with E-state index in [0.717, 1.165) is 38.4 Å². The Labute approximate surface area is 148 Å². The summed E-state index contributed by atoms with van der Waals surface area (Å²) in [5.41, 5.74) is 8.22. The van der Waals surface area contributed by atoms with Crippen LogP contribution >= 0.6 is 0 Å². The molecular formula is C18H26N6O. The van der Waals surface area contributed by atoms with Gasteiger partial charge >= 0.3 is 0 Å². The van der Waals surface area contributed by atoms with Gasteiger partial charge in [0.1, 0.15) is 5.82 Å². The third-order valence-corrected chi connectivity index (χ3v) is 4.83. The highest BCUT2D eigenvalue weighted by Crippen LogP contribution is 2.19. The molecule has 1 unspecified atom stereocenters. The summed E-state index contributed by atoms with van der Waals surface area (Å²) in [6.07, 6.45) is 1.71. The van der Waals surface area contributed by atoms with Crippen molar-refractivity contribution in [2.45, 2.75) is 33.4 Å². The van der Waals surface area contributed by atoms with Crippen LogP contribution in [0.2, 0.25) is 0 Å². The van der Waals surface area contributed by atoms with Gasteiger partial charge in [0.15, 0.2) is 0 Å². The molecule has 0 radical (unpaired) electrons. The number of aromatic nitrogens is 3. The first-order valence-electron chi connectivity index (χ1n) is 8.70. The minimum absolute atomic E-state index is 0.402. The van der Waals surface area contributed by atoms with Gasteiger partial charge in [0, 0.05) is 44.1 Å². The molecular weight excluding hydrogens is 316 g/mol. The van der Waals surface area contributed by atoms with E-state index in [4.69, 9.17) is 5.73 Å². The lowest BCUT2D eigenvalue weighted by atomic mass is 10.2. The van der Waals surface area contributed by atoms with Crippen LogP contribution in [0.15, 0.2) is 24.4 Å². The van der Waals surface area contributed by atoms with E-state index in [2.05, 4.69) is 44.5 Å². The number of hydrogen-bond donors (Lipinski definition) is 1. The number of primary amides is 1. The Bertz CT molecular complexity index is 748. The van der Waals surface area contributed by atoms with Crippen LogP contribution in [0.25, 0.3) is 0 Å². The van der Waals surface area contributed by atoms with Crippen LogP contribution in [0, 0.1) is 13.8 Å². The number of piperazine rings is 1. The highest BCUT2D eigenvalue weighted by Gasteiger charge is 2.24. The fourth-order valence-electron chi connectivity index (χ4n) is 3.44. The predicted octanol–water partition coefficient (Wildman–Crippen LogP) is 1.20. The number of hydrogen-bond acceptors (Lipinski definition) is 5. The molecule has 1 aliphatic heterocycles. The molecule has 0 saturated carbocycles. The first-order valence-corrected chi connectivity index (χ1v) is 8.70. The van der Waals surface area contributed by atoms with E-state index >= 15 is 0 Å². The van der Waals surface area contributed by atoms with Gasteiger partial charge in [-0.05, 0) is 39.0 Å². The molecule has 7 nitrogen and oxygen atoms in total. The van der Waals surface area contributed by atoms with Crippen molar-refractivity contribution in [2.75, 3.05) is 31.1 Å². The van der Waals surface area contributed by atoms with Crippen LogP contribution in [-0.2, 0) is 6.54 Å². The lowest BCUT2D eigenvalue weighted by Gasteiger charge is -2.39. The SMILES string of the molecule is Cc1cc(C)n(CC(C)N2CCN(c3ncccc3C(N)=O)CC2)n1. The number of carbonyl (C=O) groups is 1. The van der Waals surface area contributed by atoms with Crippen LogP contribution in [0.5, 0.6) is 0 Å². The van der Waals surface area contributed by atoms with Crippen LogP contribution < -0.4 is 10.6 Å². The summed E-state index contributed by atoms with van der Waals surface area (Å²) in [6.45, 7) is 10.8. The Kier molecular flexibility index (Phi) is 5.03. The second-order valence-corrected chi connectivity index (χ2v) is 6.72. The van der Waals surface area contributed by atoms with E-state index in [1.54, 1.807) is 18.3 Å². The van der Waals surface area contributed by atoms with Crippen molar-refractivity contribution in [3.05, 3.63) is 41.3 Å². The lowest BCUT2D eigenvalue weighted by molar-refractivity contribution is 0.1000. The number of aryl methyl sites for hydroxylation is 2. The third-order valence-electron chi connectivity index (χ3n) is 4.83. The van der Waals surface area contributed by atoms with E-state index in [1.165, 1.54) is 5.69 Å². The standard InChI is InChI=1S/C18H26N6O/c1-13-11-14(2)24(21-13)12-15(3)22-7-9-23(10-8-22)18-16(17(19)25)5-4-6-20-18/h4-6,11,15H,7-10,12H2,1-3H3,(H2,19,25). The number of amides is 1. The van der Waals surface area contributed by atoms with Crippen molar-refractivity contribution in [3.63, 3.8) is 0 Å². The molecule has 0 bridgehead atoms. The van der Waals surface area contributed by atoms with Gasteiger partial charge in [0.2, 0.25) is 0 Å². The fraction of sp³-hybridized carbons (Fsp3) is 0.500. The summed E-state index contributed by atoms with van der Waals surface area (Å²) in [6, 6.07) is 6.00. The number of carbonyl (C=O) groups excluding carboxylic acids is 1. The van der Waals surface area contributed by atoms with Gasteiger partial charge in [-0.2, -0.15) is 5.10 Å². The van der Waals surface area contributed by atoms with Gasteiger partial charge in [0.25, 0.3) is 5.91 Å². The highest BCUT2D eigenvalue weighted by molar-refractivity contribution is 5.97. The van der Waals surface area contributed by atoms with Crippen molar-refractivity contribution < 1.29 is 4.79 Å². The van der Waals surface area contributed by atoms with Gasteiger partial charge in [-0.3, -0.25) is 14.4 Å². The topological polar surface area (TPSA) is 80.3 Å². The van der Waals surface area contributed by atoms with Crippen LogP contribution in [0.3, 0.4) is 0 Å². The zero-order valence-electron chi connectivity index (χ0n) is 15.1. The van der Waals surface area contributed by atoms with Gasteiger partial charge in [0.05, 0.1) is 17.8 Å². The molecule has 2 aromatic heterocycles. The highest BCUT2D eigenvalue weighted by atomic mass is 16.1. The molecule has 1 atom stereocenters. The van der Waals surface area contributed by atoms with E-state index in [1.807, 2.05) is 6.92 Å². The van der Waals surface area contributed by atoms with Crippen LogP contribution in [0.4, 0.5) is 5.82 Å². The third kappa shape index (κ3) is 3.82. The van der Waals surface area contributed by atoms with Crippen molar-refractivity contribution in [1.82, 2.24) is 19.7 Å². The van der Waals surface area contributed by atoms with Gasteiger partial charge < -0.3 is 10.6 Å². The normalized spacial score (nSPS) is 16.8. The molecule has 1 fully saturated rings. The molecule has 2 N–H and O–H groups in total. The predicted molar refractivity (Wildman–Crippen MR) is 97.7 cm³/mol. The van der Waals surface area contributed by atoms with Crippen molar-refractivity contribution in [2.24, 2.45) is 5.73 Å². The fourth-order valence-corrected chi connectivity index (χ4v) is 3.44. The van der Waals surface area contributed by atoms with Gasteiger partial charge in [-0.25, -0.2) is 4.98 Å². The minimum atomic E-state index is -0.427. The number of rotatable bonds is 5. The molecule has 0 aromatic carbocycles. The molecule has 2 aromatic rings. The first-order chi connectivity index (χ1) is 12.0. The summed E-state index contributed by atoms with van der Waals surface area (Å²) < 4.78 is 2.08. The number of anilines is 1. The summed E-state index contributed by atoms with van der Waals surface area (Å²) in [4.78, 5) is 20.6. The molecule has 134 valence electrons. The zero-order valence-corrected chi connectivity index (χ0v) is 15.1. The van der Waals surface area contributed by atoms with E-state index in [0.29, 0.717) is 17.4 Å². The zero-order chi connectivity index (χ0) is 18.0. The number of nitrogens with zero attached hydrogens (tertiary/aromatic N) is 5. The first kappa shape index (κ1) is 17.4.